The van der Waals surface area contributed by atoms with E-state index in [1.807, 2.05) is 84.9 Å². The number of rotatable bonds is 6. The normalized spacial score (nSPS) is 14.1. The average molecular weight is 502 g/mol. The van der Waals surface area contributed by atoms with Crippen LogP contribution in [0.5, 0.6) is 11.5 Å². The van der Waals surface area contributed by atoms with Crippen molar-refractivity contribution < 1.29 is 14.3 Å². The lowest BCUT2D eigenvalue weighted by Gasteiger charge is -2.19. The van der Waals surface area contributed by atoms with Crippen molar-refractivity contribution in [2.24, 2.45) is 0 Å². The zero-order valence-electron chi connectivity index (χ0n) is 21.2. The summed E-state index contributed by atoms with van der Waals surface area (Å²) in [4.78, 5) is 19.7. The summed E-state index contributed by atoms with van der Waals surface area (Å²) in [6.45, 7) is 0.358. The Morgan fingerprint density at radius 2 is 1.53 bits per heavy atom. The van der Waals surface area contributed by atoms with Gasteiger partial charge in [0.2, 0.25) is 0 Å². The van der Waals surface area contributed by atoms with Crippen LogP contribution in [-0.4, -0.2) is 25.1 Å². The average Bonchev–Trinajstić information content (AvgIpc) is 3.49. The number of nitrogens with zero attached hydrogens (tertiary/aromatic N) is 1. The van der Waals surface area contributed by atoms with Crippen molar-refractivity contribution in [1.29, 1.82) is 0 Å². The Bertz CT molecular complexity index is 1660. The fourth-order valence-corrected chi connectivity index (χ4v) is 5.17. The maximum Gasteiger partial charge on any atom is 0.260 e. The highest BCUT2D eigenvalue weighted by Crippen LogP contribution is 2.45. The lowest BCUT2D eigenvalue weighted by Crippen LogP contribution is -2.26. The van der Waals surface area contributed by atoms with Crippen LogP contribution in [0.15, 0.2) is 97.1 Å². The SMILES string of the molecule is COc1cc(CN2C(=O)C(=C(c3cc4ccccc4[nH]3)c3ccccc3N)c3ccccc32)cc(OC)c1. The number of para-hydroxylation sites is 3. The lowest BCUT2D eigenvalue weighted by atomic mass is 9.92. The number of carbonyl (C=O) groups is 1. The van der Waals surface area contributed by atoms with Gasteiger partial charge in [0.25, 0.3) is 5.91 Å². The molecule has 2 heterocycles. The first kappa shape index (κ1) is 23.4. The van der Waals surface area contributed by atoms with Crippen molar-refractivity contribution in [2.45, 2.75) is 6.54 Å². The Morgan fingerprint density at radius 3 is 2.26 bits per heavy atom. The molecule has 5 aromatic rings. The topological polar surface area (TPSA) is 80.6 Å². The molecule has 0 atom stereocenters. The molecule has 0 saturated carbocycles. The van der Waals surface area contributed by atoms with Gasteiger partial charge in [0.05, 0.1) is 32.0 Å². The lowest BCUT2D eigenvalue weighted by molar-refractivity contribution is -0.113. The Morgan fingerprint density at radius 1 is 0.842 bits per heavy atom. The predicted molar refractivity (Wildman–Crippen MR) is 152 cm³/mol. The van der Waals surface area contributed by atoms with Gasteiger partial charge in [0.1, 0.15) is 11.5 Å². The van der Waals surface area contributed by atoms with Gasteiger partial charge < -0.3 is 25.1 Å². The van der Waals surface area contributed by atoms with E-state index >= 15 is 0 Å². The van der Waals surface area contributed by atoms with Crippen molar-refractivity contribution in [1.82, 2.24) is 4.98 Å². The third-order valence-electron chi connectivity index (χ3n) is 6.95. The second-order valence-corrected chi connectivity index (χ2v) is 9.24. The molecular weight excluding hydrogens is 474 g/mol. The van der Waals surface area contributed by atoms with Crippen LogP contribution in [0.4, 0.5) is 11.4 Å². The van der Waals surface area contributed by atoms with Crippen LogP contribution < -0.4 is 20.1 Å². The van der Waals surface area contributed by atoms with Crippen molar-refractivity contribution in [3.8, 4) is 11.5 Å². The van der Waals surface area contributed by atoms with Gasteiger partial charge in [-0.2, -0.15) is 0 Å². The molecule has 1 aromatic heterocycles. The number of carbonyl (C=O) groups excluding carboxylic acids is 1. The molecule has 1 amide bonds. The van der Waals surface area contributed by atoms with Crippen molar-refractivity contribution in [3.63, 3.8) is 0 Å². The van der Waals surface area contributed by atoms with E-state index in [-0.39, 0.29) is 5.91 Å². The summed E-state index contributed by atoms with van der Waals surface area (Å²) < 4.78 is 10.9. The third kappa shape index (κ3) is 3.96. The molecule has 0 radical (unpaired) electrons. The number of hydrogen-bond donors (Lipinski definition) is 2. The minimum absolute atomic E-state index is 0.0927. The molecule has 0 unspecified atom stereocenters. The van der Waals surface area contributed by atoms with Crippen LogP contribution in [0, 0.1) is 0 Å². The van der Waals surface area contributed by atoms with E-state index < -0.39 is 0 Å². The van der Waals surface area contributed by atoms with E-state index in [0.29, 0.717) is 29.3 Å². The quantitative estimate of drug-likeness (QED) is 0.212. The van der Waals surface area contributed by atoms with E-state index in [1.165, 1.54) is 0 Å². The highest BCUT2D eigenvalue weighted by atomic mass is 16.5. The monoisotopic (exact) mass is 501 g/mol. The molecule has 0 spiro atoms. The van der Waals surface area contributed by atoms with Gasteiger partial charge >= 0.3 is 0 Å². The Labute approximate surface area is 220 Å². The Kier molecular flexibility index (Phi) is 5.85. The van der Waals surface area contributed by atoms with Crippen LogP contribution in [0.25, 0.3) is 22.0 Å². The highest BCUT2D eigenvalue weighted by Gasteiger charge is 2.36. The predicted octanol–water partition coefficient (Wildman–Crippen LogP) is 6.27. The summed E-state index contributed by atoms with van der Waals surface area (Å²) in [7, 11) is 3.24. The number of nitrogens with two attached hydrogens (primary N) is 1. The standard InChI is InChI=1S/C32H27N3O3/c1-37-22-15-20(16-23(18-22)38-2)19-35-29-14-8-5-11-25(29)31(32(35)36)30(24-10-4-6-12-26(24)33)28-17-21-9-3-7-13-27(21)34-28/h3-18,34H,19,33H2,1-2H3. The number of aromatic nitrogens is 1. The number of H-pyrrole nitrogens is 1. The van der Waals surface area contributed by atoms with E-state index in [9.17, 15) is 4.79 Å². The number of ether oxygens (including phenoxy) is 2. The molecule has 38 heavy (non-hydrogen) atoms. The Hall–Kier alpha value is -4.97. The van der Waals surface area contributed by atoms with Crippen LogP contribution in [0.2, 0.25) is 0 Å². The van der Waals surface area contributed by atoms with Crippen LogP contribution >= 0.6 is 0 Å². The summed E-state index contributed by atoms with van der Waals surface area (Å²) >= 11 is 0. The van der Waals surface area contributed by atoms with Gasteiger partial charge in [0.15, 0.2) is 0 Å². The van der Waals surface area contributed by atoms with E-state index in [0.717, 1.165) is 44.5 Å². The number of methoxy groups -OCH3 is 2. The summed E-state index contributed by atoms with van der Waals surface area (Å²) in [6.07, 6.45) is 0. The molecule has 0 aliphatic carbocycles. The van der Waals surface area contributed by atoms with Gasteiger partial charge in [-0.3, -0.25) is 4.79 Å². The second-order valence-electron chi connectivity index (χ2n) is 9.24. The second kappa shape index (κ2) is 9.48. The Balaban J connectivity index is 1.57. The molecular formula is C32H27N3O3. The first-order valence-electron chi connectivity index (χ1n) is 12.4. The zero-order valence-corrected chi connectivity index (χ0v) is 21.2. The maximum absolute atomic E-state index is 14.3. The highest BCUT2D eigenvalue weighted by molar-refractivity contribution is 6.39. The van der Waals surface area contributed by atoms with Crippen molar-refractivity contribution in [2.75, 3.05) is 24.9 Å². The smallest absolute Gasteiger partial charge is 0.260 e. The van der Waals surface area contributed by atoms with Crippen LogP contribution in [0.1, 0.15) is 22.4 Å². The minimum atomic E-state index is -0.0927. The molecule has 3 N–H and O–H groups in total. The zero-order chi connectivity index (χ0) is 26.2. The van der Waals surface area contributed by atoms with Gasteiger partial charge in [-0.05, 0) is 42.0 Å². The molecule has 0 bridgehead atoms. The number of hydrogen-bond acceptors (Lipinski definition) is 4. The number of amides is 1. The number of nitrogen functional groups attached to an aromatic ring is 1. The third-order valence-corrected chi connectivity index (χ3v) is 6.95. The molecule has 6 rings (SSSR count). The minimum Gasteiger partial charge on any atom is -0.497 e. The van der Waals surface area contributed by atoms with Crippen LogP contribution in [-0.2, 0) is 11.3 Å². The van der Waals surface area contributed by atoms with Gasteiger partial charge in [-0.1, -0.05) is 54.6 Å². The molecule has 4 aromatic carbocycles. The summed E-state index contributed by atoms with van der Waals surface area (Å²) in [6, 6.07) is 31.4. The van der Waals surface area contributed by atoms with Crippen LogP contribution in [0.3, 0.4) is 0 Å². The number of benzene rings is 4. The number of anilines is 2. The number of nitrogens with one attached hydrogen (secondary N) is 1. The van der Waals surface area contributed by atoms with E-state index in [1.54, 1.807) is 19.1 Å². The molecule has 0 saturated heterocycles. The maximum atomic E-state index is 14.3. The molecule has 1 aliphatic heterocycles. The fraction of sp³-hybridized carbons (Fsp3) is 0.0938. The number of aromatic amines is 1. The van der Waals surface area contributed by atoms with E-state index in [4.69, 9.17) is 15.2 Å². The van der Waals surface area contributed by atoms with E-state index in [2.05, 4.69) is 17.1 Å². The summed E-state index contributed by atoms with van der Waals surface area (Å²) in [5.41, 5.74) is 13.8. The molecule has 6 nitrogen and oxygen atoms in total. The van der Waals surface area contributed by atoms with Gasteiger partial charge in [-0.25, -0.2) is 0 Å². The summed E-state index contributed by atoms with van der Waals surface area (Å²) in [5, 5.41) is 1.06. The van der Waals surface area contributed by atoms with Crippen molar-refractivity contribution >= 4 is 39.3 Å². The molecule has 0 fully saturated rings. The van der Waals surface area contributed by atoms with Crippen molar-refractivity contribution in [3.05, 3.63) is 119 Å². The first-order valence-corrected chi connectivity index (χ1v) is 12.4. The largest absolute Gasteiger partial charge is 0.497 e. The fourth-order valence-electron chi connectivity index (χ4n) is 5.17. The van der Waals surface area contributed by atoms with Gasteiger partial charge in [0, 0.05) is 45.1 Å². The van der Waals surface area contributed by atoms with Gasteiger partial charge in [-0.15, -0.1) is 0 Å². The first-order chi connectivity index (χ1) is 18.6. The molecule has 1 aliphatic rings. The molecule has 188 valence electrons. The molecule has 6 heteroatoms. The summed E-state index contributed by atoms with van der Waals surface area (Å²) in [5.74, 6) is 1.25. The number of fused-ring (bicyclic) bond motifs is 2.